The van der Waals surface area contributed by atoms with Gasteiger partial charge in [0.15, 0.2) is 5.75 Å². The van der Waals surface area contributed by atoms with Crippen molar-refractivity contribution in [1.29, 1.82) is 0 Å². The molecule has 0 saturated heterocycles. The van der Waals surface area contributed by atoms with Crippen LogP contribution in [-0.4, -0.2) is 42.1 Å². The number of carboxylic acid groups (broad SMARTS) is 1. The summed E-state index contributed by atoms with van der Waals surface area (Å²) in [5.41, 5.74) is 0.521. The Morgan fingerprint density at radius 3 is 2.79 bits per heavy atom. The van der Waals surface area contributed by atoms with Crippen molar-refractivity contribution in [2.24, 2.45) is 5.92 Å². The number of aliphatic carboxylic acids is 1. The van der Waals surface area contributed by atoms with E-state index in [0.29, 0.717) is 22.9 Å². The maximum atomic E-state index is 12.2. The molecule has 8 heteroatoms. The van der Waals surface area contributed by atoms with E-state index in [1.54, 1.807) is 25.1 Å². The summed E-state index contributed by atoms with van der Waals surface area (Å²) < 4.78 is 5.11. The van der Waals surface area contributed by atoms with E-state index in [1.165, 1.54) is 4.90 Å². The molecule has 0 radical (unpaired) electrons. The van der Waals surface area contributed by atoms with Gasteiger partial charge in [0, 0.05) is 5.02 Å². The summed E-state index contributed by atoms with van der Waals surface area (Å²) in [5, 5.41) is 12.2. The quantitative estimate of drug-likeness (QED) is 0.596. The van der Waals surface area contributed by atoms with Crippen molar-refractivity contribution >= 4 is 35.1 Å². The molecule has 0 fully saturated rings. The molecule has 7 nitrogen and oxygen atoms in total. The third kappa shape index (κ3) is 4.17. The van der Waals surface area contributed by atoms with E-state index >= 15 is 0 Å². The van der Waals surface area contributed by atoms with Gasteiger partial charge in [0.05, 0.1) is 12.2 Å². The fourth-order valence-electron chi connectivity index (χ4n) is 2.44. The van der Waals surface area contributed by atoms with Gasteiger partial charge >= 0.3 is 11.9 Å². The number of esters is 1. The maximum absolute atomic E-state index is 12.2. The highest BCUT2D eigenvalue weighted by Crippen LogP contribution is 2.34. The molecular weight excluding hydrogens is 336 g/mol. The number of hydrogen-bond donors (Lipinski definition) is 2. The number of rotatable bonds is 6. The highest BCUT2D eigenvalue weighted by Gasteiger charge is 2.29. The summed E-state index contributed by atoms with van der Waals surface area (Å²) in [6.07, 6.45) is 0.617. The van der Waals surface area contributed by atoms with Gasteiger partial charge in [-0.25, -0.2) is 9.59 Å². The molecule has 0 saturated carbocycles. The zero-order valence-electron chi connectivity index (χ0n) is 13.4. The summed E-state index contributed by atoms with van der Waals surface area (Å²) >= 11 is 5.96. The van der Waals surface area contributed by atoms with Gasteiger partial charge in [0.2, 0.25) is 5.91 Å². The van der Waals surface area contributed by atoms with Gasteiger partial charge in [-0.2, -0.15) is 0 Å². The highest BCUT2D eigenvalue weighted by molar-refractivity contribution is 6.31. The number of carboxylic acids is 1. The molecule has 2 unspecified atom stereocenters. The van der Waals surface area contributed by atoms with Crippen LogP contribution in [0, 0.1) is 5.92 Å². The molecule has 0 bridgehead atoms. The molecule has 0 aromatic heterocycles. The van der Waals surface area contributed by atoms with Gasteiger partial charge < -0.3 is 20.1 Å². The standard InChI is InChI=1S/C16H19ClN2O5/c1-3-9(2)15(16(22)23)18-13(20)7-19-8-14(21)24-12-5-4-10(17)6-11(12)19/h4-6,9,15H,3,7-8H2,1-2H3,(H,18,20)(H,22,23). The Kier molecular flexibility index (Phi) is 5.66. The monoisotopic (exact) mass is 354 g/mol. The summed E-state index contributed by atoms with van der Waals surface area (Å²) in [4.78, 5) is 36.7. The minimum absolute atomic E-state index is 0.109. The third-order valence-corrected chi connectivity index (χ3v) is 4.17. The molecule has 1 aromatic carbocycles. The average molecular weight is 355 g/mol. The number of amides is 1. The number of carbonyl (C=O) groups is 3. The average Bonchev–Trinajstić information content (AvgIpc) is 2.52. The fourth-order valence-corrected chi connectivity index (χ4v) is 2.60. The lowest BCUT2D eigenvalue weighted by atomic mass is 9.99. The molecule has 2 atom stereocenters. The molecule has 1 heterocycles. The Morgan fingerprint density at radius 2 is 2.17 bits per heavy atom. The topological polar surface area (TPSA) is 95.9 Å². The molecular formula is C16H19ClN2O5. The van der Waals surface area contributed by atoms with Crippen LogP contribution in [-0.2, 0) is 14.4 Å². The molecule has 130 valence electrons. The molecule has 0 spiro atoms. The van der Waals surface area contributed by atoms with Gasteiger partial charge in [-0.15, -0.1) is 0 Å². The number of anilines is 1. The molecule has 1 amide bonds. The molecule has 1 aliphatic heterocycles. The smallest absolute Gasteiger partial charge is 0.331 e. The number of ether oxygens (including phenoxy) is 1. The van der Waals surface area contributed by atoms with Crippen molar-refractivity contribution in [3.8, 4) is 5.75 Å². The van der Waals surface area contributed by atoms with Gasteiger partial charge in [0.1, 0.15) is 12.6 Å². The Morgan fingerprint density at radius 1 is 1.46 bits per heavy atom. The van der Waals surface area contributed by atoms with Crippen molar-refractivity contribution in [3.05, 3.63) is 23.2 Å². The first-order valence-electron chi connectivity index (χ1n) is 7.59. The minimum Gasteiger partial charge on any atom is -0.480 e. The van der Waals surface area contributed by atoms with Crippen molar-refractivity contribution in [2.75, 3.05) is 18.0 Å². The van der Waals surface area contributed by atoms with Crippen molar-refractivity contribution < 1.29 is 24.2 Å². The first-order valence-corrected chi connectivity index (χ1v) is 7.97. The van der Waals surface area contributed by atoms with E-state index in [9.17, 15) is 19.5 Å². The largest absolute Gasteiger partial charge is 0.480 e. The molecule has 1 aromatic rings. The van der Waals surface area contributed by atoms with Crippen LogP contribution < -0.4 is 15.0 Å². The normalized spacial score (nSPS) is 16.0. The number of benzene rings is 1. The van der Waals surface area contributed by atoms with Crippen LogP contribution in [0.5, 0.6) is 5.75 Å². The van der Waals surface area contributed by atoms with Crippen molar-refractivity contribution in [1.82, 2.24) is 5.32 Å². The molecule has 1 aliphatic rings. The predicted octanol–water partition coefficient (Wildman–Crippen LogP) is 1.68. The zero-order chi connectivity index (χ0) is 17.9. The van der Waals surface area contributed by atoms with Crippen LogP contribution in [0.1, 0.15) is 20.3 Å². The first kappa shape index (κ1) is 18.1. The lowest BCUT2D eigenvalue weighted by Crippen LogP contribution is -2.50. The number of hydrogen-bond acceptors (Lipinski definition) is 5. The van der Waals surface area contributed by atoms with E-state index in [-0.39, 0.29) is 19.0 Å². The van der Waals surface area contributed by atoms with Crippen LogP contribution in [0.2, 0.25) is 5.02 Å². The summed E-state index contributed by atoms with van der Waals surface area (Å²) in [7, 11) is 0. The predicted molar refractivity (Wildman–Crippen MR) is 88.3 cm³/mol. The molecule has 24 heavy (non-hydrogen) atoms. The second kappa shape index (κ2) is 7.53. The number of nitrogens with one attached hydrogen (secondary N) is 1. The van der Waals surface area contributed by atoms with E-state index in [2.05, 4.69) is 5.32 Å². The maximum Gasteiger partial charge on any atom is 0.331 e. The van der Waals surface area contributed by atoms with Gasteiger partial charge in [-0.3, -0.25) is 4.79 Å². The number of carbonyl (C=O) groups excluding carboxylic acids is 2. The summed E-state index contributed by atoms with van der Waals surface area (Å²) in [6, 6.07) is 3.76. The van der Waals surface area contributed by atoms with Crippen LogP contribution in [0.25, 0.3) is 0 Å². The van der Waals surface area contributed by atoms with Crippen molar-refractivity contribution in [3.63, 3.8) is 0 Å². The third-order valence-electron chi connectivity index (χ3n) is 3.94. The molecule has 0 aliphatic carbocycles. The Balaban J connectivity index is 2.13. The minimum atomic E-state index is -1.08. The number of nitrogens with zero attached hydrogens (tertiary/aromatic N) is 1. The van der Waals surface area contributed by atoms with Crippen LogP contribution in [0.15, 0.2) is 18.2 Å². The number of fused-ring (bicyclic) bond motifs is 1. The number of halogens is 1. The van der Waals surface area contributed by atoms with E-state index in [4.69, 9.17) is 16.3 Å². The summed E-state index contributed by atoms with van der Waals surface area (Å²) in [6.45, 7) is 3.34. The fraction of sp³-hybridized carbons (Fsp3) is 0.438. The second-order valence-corrected chi connectivity index (χ2v) is 6.15. The van der Waals surface area contributed by atoms with Gasteiger partial charge in [-0.05, 0) is 24.1 Å². The summed E-state index contributed by atoms with van der Waals surface area (Å²) in [5.74, 6) is -1.95. The van der Waals surface area contributed by atoms with Crippen LogP contribution in [0.3, 0.4) is 0 Å². The Labute approximate surface area is 144 Å². The second-order valence-electron chi connectivity index (χ2n) is 5.71. The van der Waals surface area contributed by atoms with Crippen molar-refractivity contribution in [2.45, 2.75) is 26.3 Å². The van der Waals surface area contributed by atoms with Crippen LogP contribution >= 0.6 is 11.6 Å². The van der Waals surface area contributed by atoms with E-state index in [0.717, 1.165) is 0 Å². The Hall–Kier alpha value is -2.28. The lowest BCUT2D eigenvalue weighted by Gasteiger charge is -2.30. The van der Waals surface area contributed by atoms with E-state index < -0.39 is 23.9 Å². The molecule has 2 N–H and O–H groups in total. The van der Waals surface area contributed by atoms with Gasteiger partial charge in [-0.1, -0.05) is 31.9 Å². The van der Waals surface area contributed by atoms with Gasteiger partial charge in [0.25, 0.3) is 0 Å². The first-order chi connectivity index (χ1) is 11.3. The van der Waals surface area contributed by atoms with E-state index in [1.807, 2.05) is 6.92 Å². The van der Waals surface area contributed by atoms with Crippen LogP contribution in [0.4, 0.5) is 5.69 Å². The lowest BCUT2D eigenvalue weighted by molar-refractivity contribution is -0.143. The Bertz CT molecular complexity index is 664. The molecule has 2 rings (SSSR count). The SMILES string of the molecule is CCC(C)C(NC(=O)CN1CC(=O)Oc2ccc(Cl)cc21)C(=O)O. The highest BCUT2D eigenvalue weighted by atomic mass is 35.5. The zero-order valence-corrected chi connectivity index (χ0v) is 14.2.